The number of nitrogens with one attached hydrogen (secondary N) is 1. The van der Waals surface area contributed by atoms with Crippen LogP contribution in [-0.4, -0.2) is 26.6 Å². The summed E-state index contributed by atoms with van der Waals surface area (Å²) in [5, 5.41) is 0.737. The van der Waals surface area contributed by atoms with Gasteiger partial charge in [-0.05, 0) is 36.4 Å². The molecule has 0 fully saturated rings. The van der Waals surface area contributed by atoms with E-state index in [1.807, 2.05) is 12.1 Å². The summed E-state index contributed by atoms with van der Waals surface area (Å²) in [5.41, 5.74) is 1.20. The van der Waals surface area contributed by atoms with E-state index in [0.717, 1.165) is 10.9 Å². The van der Waals surface area contributed by atoms with Crippen LogP contribution in [0.3, 0.4) is 0 Å². The Morgan fingerprint density at radius 1 is 0.958 bits per heavy atom. The number of pyridine rings is 1. The van der Waals surface area contributed by atoms with Gasteiger partial charge >= 0.3 is 0 Å². The van der Waals surface area contributed by atoms with E-state index in [-0.39, 0.29) is 4.90 Å². The van der Waals surface area contributed by atoms with Crippen LogP contribution in [0.1, 0.15) is 0 Å². The Labute approximate surface area is 139 Å². The predicted molar refractivity (Wildman–Crippen MR) is 90.0 cm³/mol. The molecule has 0 radical (unpaired) electrons. The maximum Gasteiger partial charge on any atom is 0.262 e. The third-order valence-corrected chi connectivity index (χ3v) is 5.08. The fourth-order valence-electron chi connectivity index (χ4n) is 2.59. The van der Waals surface area contributed by atoms with Gasteiger partial charge in [0.1, 0.15) is 13.2 Å². The minimum Gasteiger partial charge on any atom is -0.486 e. The van der Waals surface area contributed by atoms with E-state index in [2.05, 4.69) is 9.71 Å². The van der Waals surface area contributed by atoms with E-state index < -0.39 is 10.0 Å². The molecule has 0 amide bonds. The average Bonchev–Trinajstić information content (AvgIpc) is 2.61. The zero-order valence-electron chi connectivity index (χ0n) is 12.6. The molecular weight excluding hydrogens is 328 g/mol. The molecule has 7 heteroatoms. The fraction of sp³-hybridized carbons (Fsp3) is 0.118. The molecule has 2 heterocycles. The number of anilines is 1. The first kappa shape index (κ1) is 14.8. The maximum absolute atomic E-state index is 12.7. The lowest BCUT2D eigenvalue weighted by Crippen LogP contribution is -2.17. The Balaban J connectivity index is 1.73. The lowest BCUT2D eigenvalue weighted by atomic mass is 10.2. The van der Waals surface area contributed by atoms with Gasteiger partial charge in [-0.1, -0.05) is 6.07 Å². The first-order valence-corrected chi connectivity index (χ1v) is 8.88. The van der Waals surface area contributed by atoms with Gasteiger partial charge in [0.25, 0.3) is 10.0 Å². The summed E-state index contributed by atoms with van der Waals surface area (Å²) >= 11 is 0. The fourth-order valence-corrected chi connectivity index (χ4v) is 3.68. The summed E-state index contributed by atoms with van der Waals surface area (Å²) < 4.78 is 38.9. The summed E-state index contributed by atoms with van der Waals surface area (Å²) in [6.07, 6.45) is 1.67. The molecule has 6 nitrogen and oxygen atoms in total. The van der Waals surface area contributed by atoms with Gasteiger partial charge in [0.2, 0.25) is 0 Å². The van der Waals surface area contributed by atoms with Gasteiger partial charge in [-0.3, -0.25) is 9.71 Å². The first-order chi connectivity index (χ1) is 11.6. The summed E-state index contributed by atoms with van der Waals surface area (Å²) in [7, 11) is -3.75. The molecule has 0 bridgehead atoms. The van der Waals surface area contributed by atoms with Crippen LogP contribution in [-0.2, 0) is 10.0 Å². The number of fused-ring (bicyclic) bond motifs is 2. The van der Waals surface area contributed by atoms with Crippen LogP contribution < -0.4 is 14.2 Å². The minimum absolute atomic E-state index is 0.118. The van der Waals surface area contributed by atoms with Crippen LogP contribution in [0.15, 0.2) is 59.6 Å². The van der Waals surface area contributed by atoms with Crippen LogP contribution in [0.25, 0.3) is 10.9 Å². The smallest absolute Gasteiger partial charge is 0.262 e. The highest BCUT2D eigenvalue weighted by atomic mass is 32.2. The molecule has 122 valence electrons. The van der Waals surface area contributed by atoms with Crippen molar-refractivity contribution in [3.05, 3.63) is 54.7 Å². The van der Waals surface area contributed by atoms with Gasteiger partial charge in [-0.25, -0.2) is 8.42 Å². The molecule has 1 aliphatic rings. The normalized spacial score (nSPS) is 13.7. The SMILES string of the molecule is O=S(=O)(Nc1cccc2ncccc12)c1ccc2c(c1)OCCO2. The molecule has 2 aromatic carbocycles. The molecule has 0 aliphatic carbocycles. The number of nitrogens with zero attached hydrogens (tertiary/aromatic N) is 1. The second-order valence-electron chi connectivity index (χ2n) is 5.29. The Bertz CT molecular complexity index is 1010. The van der Waals surface area contributed by atoms with Gasteiger partial charge in [-0.15, -0.1) is 0 Å². The van der Waals surface area contributed by atoms with Crippen molar-refractivity contribution in [2.45, 2.75) is 4.90 Å². The Morgan fingerprint density at radius 2 is 1.79 bits per heavy atom. The van der Waals surface area contributed by atoms with Crippen molar-refractivity contribution < 1.29 is 17.9 Å². The van der Waals surface area contributed by atoms with Crippen LogP contribution in [0.4, 0.5) is 5.69 Å². The standard InChI is InChI=1S/C17H14N2O4S/c20-24(21,12-6-7-16-17(11-12)23-10-9-22-16)19-15-5-1-4-14-13(15)3-2-8-18-14/h1-8,11,19H,9-10H2. The molecule has 4 rings (SSSR count). The van der Waals surface area contributed by atoms with E-state index >= 15 is 0 Å². The van der Waals surface area contributed by atoms with Crippen molar-refractivity contribution in [1.82, 2.24) is 4.98 Å². The number of rotatable bonds is 3. The highest BCUT2D eigenvalue weighted by Crippen LogP contribution is 2.33. The quantitative estimate of drug-likeness (QED) is 0.792. The maximum atomic E-state index is 12.7. The molecular formula is C17H14N2O4S. The van der Waals surface area contributed by atoms with Crippen molar-refractivity contribution in [2.24, 2.45) is 0 Å². The van der Waals surface area contributed by atoms with Gasteiger partial charge in [-0.2, -0.15) is 0 Å². The molecule has 0 saturated heterocycles. The molecule has 0 spiro atoms. The molecule has 0 atom stereocenters. The Kier molecular flexibility index (Phi) is 3.50. The third kappa shape index (κ3) is 2.63. The molecule has 1 aromatic heterocycles. The minimum atomic E-state index is -3.75. The topological polar surface area (TPSA) is 77.5 Å². The van der Waals surface area contributed by atoms with Crippen molar-refractivity contribution in [3.63, 3.8) is 0 Å². The van der Waals surface area contributed by atoms with Gasteiger partial charge in [0.15, 0.2) is 11.5 Å². The zero-order valence-corrected chi connectivity index (χ0v) is 13.4. The van der Waals surface area contributed by atoms with Crippen molar-refractivity contribution in [1.29, 1.82) is 0 Å². The third-order valence-electron chi connectivity index (χ3n) is 3.71. The molecule has 0 saturated carbocycles. The molecule has 0 unspecified atom stereocenters. The number of sulfonamides is 1. The highest BCUT2D eigenvalue weighted by molar-refractivity contribution is 7.92. The Morgan fingerprint density at radius 3 is 2.67 bits per heavy atom. The van der Waals surface area contributed by atoms with Crippen LogP contribution in [0.5, 0.6) is 11.5 Å². The van der Waals surface area contributed by atoms with Gasteiger partial charge in [0, 0.05) is 17.6 Å². The van der Waals surface area contributed by atoms with Gasteiger partial charge in [0.05, 0.1) is 16.1 Å². The first-order valence-electron chi connectivity index (χ1n) is 7.40. The predicted octanol–water partition coefficient (Wildman–Crippen LogP) is 2.81. The van der Waals surface area contributed by atoms with Gasteiger partial charge < -0.3 is 9.47 Å². The zero-order chi connectivity index (χ0) is 16.6. The van der Waals surface area contributed by atoms with Crippen LogP contribution >= 0.6 is 0 Å². The largest absolute Gasteiger partial charge is 0.486 e. The lowest BCUT2D eigenvalue weighted by Gasteiger charge is -2.19. The lowest BCUT2D eigenvalue weighted by molar-refractivity contribution is 0.171. The number of hydrogen-bond acceptors (Lipinski definition) is 5. The van der Waals surface area contributed by atoms with Crippen molar-refractivity contribution >= 4 is 26.6 Å². The van der Waals surface area contributed by atoms with Crippen molar-refractivity contribution in [2.75, 3.05) is 17.9 Å². The summed E-state index contributed by atoms with van der Waals surface area (Å²) in [6, 6.07) is 13.5. The van der Waals surface area contributed by atoms with Crippen molar-refractivity contribution in [3.8, 4) is 11.5 Å². The van der Waals surface area contributed by atoms with E-state index in [0.29, 0.717) is 30.4 Å². The second-order valence-corrected chi connectivity index (χ2v) is 6.97. The summed E-state index contributed by atoms with van der Waals surface area (Å²) in [4.78, 5) is 4.35. The van der Waals surface area contributed by atoms with Crippen LogP contribution in [0, 0.1) is 0 Å². The summed E-state index contributed by atoms with van der Waals surface area (Å²) in [6.45, 7) is 0.860. The second kappa shape index (κ2) is 5.68. The number of ether oxygens (including phenoxy) is 2. The number of hydrogen-bond donors (Lipinski definition) is 1. The van der Waals surface area contributed by atoms with E-state index in [1.54, 1.807) is 30.5 Å². The van der Waals surface area contributed by atoms with E-state index in [1.165, 1.54) is 12.1 Å². The van der Waals surface area contributed by atoms with E-state index in [9.17, 15) is 8.42 Å². The van der Waals surface area contributed by atoms with E-state index in [4.69, 9.17) is 9.47 Å². The monoisotopic (exact) mass is 342 g/mol. The summed E-state index contributed by atoms with van der Waals surface area (Å²) in [5.74, 6) is 0.985. The average molecular weight is 342 g/mol. The Hall–Kier alpha value is -2.80. The molecule has 1 N–H and O–H groups in total. The van der Waals surface area contributed by atoms with Crippen LogP contribution in [0.2, 0.25) is 0 Å². The molecule has 1 aliphatic heterocycles. The molecule has 24 heavy (non-hydrogen) atoms. The number of aromatic nitrogens is 1. The highest BCUT2D eigenvalue weighted by Gasteiger charge is 2.20. The number of benzene rings is 2. The molecule has 3 aromatic rings.